The molecular weight excluding hydrogens is 699 g/mol. The molecule has 2 atom stereocenters. The molecule has 0 fully saturated rings. The van der Waals surface area contributed by atoms with Crippen LogP contribution in [0.25, 0.3) is 0 Å². The number of fused-ring (bicyclic) bond motifs is 2. The molecule has 262 valence electrons. The smallest absolute Gasteiger partial charge is 0.308 e. The van der Waals surface area contributed by atoms with Crippen molar-refractivity contribution in [1.29, 1.82) is 0 Å². The second-order valence-electron chi connectivity index (χ2n) is 13.2. The molecule has 4 aliphatic heterocycles. The van der Waals surface area contributed by atoms with Crippen LogP contribution in [0.3, 0.4) is 0 Å². The predicted octanol–water partition coefficient (Wildman–Crippen LogP) is 9.34. The first-order chi connectivity index (χ1) is 24.0. The molecule has 0 unspecified atom stereocenters. The van der Waals surface area contributed by atoms with E-state index >= 15 is 0 Å². The normalized spacial score (nSPS) is 18.7. The van der Waals surface area contributed by atoms with Gasteiger partial charge in [-0.05, 0) is 98.3 Å². The zero-order chi connectivity index (χ0) is 35.4. The Morgan fingerprint density at radius 2 is 1.54 bits per heavy atom. The molecule has 8 rings (SSSR count). The van der Waals surface area contributed by atoms with E-state index in [0.29, 0.717) is 68.8 Å². The van der Waals surface area contributed by atoms with Crippen LogP contribution in [0.5, 0.6) is 40.2 Å². The molecule has 4 aromatic carbocycles. The second kappa shape index (κ2) is 13.8. The Morgan fingerprint density at radius 3 is 2.24 bits per heavy atom. The van der Waals surface area contributed by atoms with Crippen molar-refractivity contribution in [3.05, 3.63) is 96.5 Å². The molecule has 0 spiro atoms. The summed E-state index contributed by atoms with van der Waals surface area (Å²) < 4.78 is 30.9. The SMILES string of the molecule is COc1cc(Cl)c2c(Cl)c1Oc1ccc(cc1)C[C@H]1c3cc(c(C)cc3CCN1C)Oc1c(OC(C)=O)c(OC)c(Cl)c3c1[C@H](C2)N(C)CC3. The number of aryl methyl sites for hydroxylation is 1. The van der Waals surface area contributed by atoms with Crippen LogP contribution in [0.15, 0.2) is 42.5 Å². The lowest BCUT2D eigenvalue weighted by molar-refractivity contribution is -0.132. The van der Waals surface area contributed by atoms with Gasteiger partial charge in [-0.2, -0.15) is 0 Å². The molecule has 4 aromatic rings. The average molecular weight is 738 g/mol. The van der Waals surface area contributed by atoms with Crippen LogP contribution in [0.1, 0.15) is 58.0 Å². The quantitative estimate of drug-likeness (QED) is 0.152. The Kier molecular flexibility index (Phi) is 9.60. The van der Waals surface area contributed by atoms with E-state index in [1.54, 1.807) is 13.2 Å². The summed E-state index contributed by atoms with van der Waals surface area (Å²) in [5, 5.41) is 1.13. The number of ether oxygens (including phenoxy) is 5. The van der Waals surface area contributed by atoms with E-state index in [4.69, 9.17) is 58.5 Å². The Bertz CT molecular complexity index is 2000. The van der Waals surface area contributed by atoms with Crippen molar-refractivity contribution in [3.8, 4) is 40.2 Å². The third-order valence-corrected chi connectivity index (χ3v) is 11.3. The Morgan fingerprint density at radius 1 is 0.820 bits per heavy atom. The minimum absolute atomic E-state index is 0.0983. The molecule has 0 aromatic heterocycles. The summed E-state index contributed by atoms with van der Waals surface area (Å²) in [6.07, 6.45) is 2.66. The van der Waals surface area contributed by atoms with Gasteiger partial charge < -0.3 is 23.7 Å². The first-order valence-electron chi connectivity index (χ1n) is 16.6. The van der Waals surface area contributed by atoms with Crippen LogP contribution in [-0.2, 0) is 30.5 Å². The number of likely N-dealkylation sites (N-methyl/N-ethyl adjacent to an activating group) is 2. The number of nitrogens with zero attached hydrogens (tertiary/aromatic N) is 2. The molecule has 11 heteroatoms. The Hall–Kier alpha value is -3.66. The molecule has 0 amide bonds. The largest absolute Gasteiger partial charge is 0.493 e. The highest BCUT2D eigenvalue weighted by atomic mass is 35.5. The van der Waals surface area contributed by atoms with Gasteiger partial charge in [-0.15, -0.1) is 0 Å². The summed E-state index contributed by atoms with van der Waals surface area (Å²) in [7, 11) is 7.25. The number of methoxy groups -OCH3 is 2. The van der Waals surface area contributed by atoms with Gasteiger partial charge in [-0.25, -0.2) is 0 Å². The third kappa shape index (κ3) is 6.15. The molecule has 8 nitrogen and oxygen atoms in total. The number of rotatable bonds is 3. The van der Waals surface area contributed by atoms with Crippen molar-refractivity contribution in [2.45, 2.75) is 51.6 Å². The van der Waals surface area contributed by atoms with Gasteiger partial charge in [-0.3, -0.25) is 14.6 Å². The fourth-order valence-electron chi connectivity index (χ4n) is 7.50. The summed E-state index contributed by atoms with van der Waals surface area (Å²) in [5.41, 5.74) is 6.87. The highest BCUT2D eigenvalue weighted by Crippen LogP contribution is 2.55. The zero-order valence-electron chi connectivity index (χ0n) is 28.9. The van der Waals surface area contributed by atoms with Crippen LogP contribution < -0.4 is 23.7 Å². The van der Waals surface area contributed by atoms with Crippen LogP contribution in [0.4, 0.5) is 0 Å². The summed E-state index contributed by atoms with van der Waals surface area (Å²) in [6, 6.07) is 13.9. The maximum atomic E-state index is 12.7. The number of hydrogen-bond donors (Lipinski definition) is 0. The first-order valence-corrected chi connectivity index (χ1v) is 17.8. The van der Waals surface area contributed by atoms with Gasteiger partial charge in [0.2, 0.25) is 5.75 Å². The first kappa shape index (κ1) is 34.8. The van der Waals surface area contributed by atoms with E-state index in [9.17, 15) is 4.79 Å². The minimum Gasteiger partial charge on any atom is -0.493 e. The van der Waals surface area contributed by atoms with Crippen molar-refractivity contribution < 1.29 is 28.5 Å². The fraction of sp³-hybridized carbons (Fsp3) is 0.359. The lowest BCUT2D eigenvalue weighted by Gasteiger charge is -2.38. The predicted molar refractivity (Wildman–Crippen MR) is 196 cm³/mol. The van der Waals surface area contributed by atoms with E-state index in [-0.39, 0.29) is 23.6 Å². The van der Waals surface area contributed by atoms with Gasteiger partial charge in [0, 0.05) is 48.7 Å². The maximum Gasteiger partial charge on any atom is 0.308 e. The lowest BCUT2D eigenvalue weighted by Crippen LogP contribution is -2.34. The van der Waals surface area contributed by atoms with Gasteiger partial charge in [-0.1, -0.05) is 53.0 Å². The third-order valence-electron chi connectivity index (χ3n) is 10.2. The molecule has 0 aliphatic carbocycles. The molecule has 0 radical (unpaired) electrons. The van der Waals surface area contributed by atoms with Crippen molar-refractivity contribution >= 4 is 40.8 Å². The molecule has 0 saturated carbocycles. The highest BCUT2D eigenvalue weighted by molar-refractivity contribution is 6.37. The molecule has 50 heavy (non-hydrogen) atoms. The minimum atomic E-state index is -0.531. The summed E-state index contributed by atoms with van der Waals surface area (Å²) >= 11 is 21.3. The van der Waals surface area contributed by atoms with E-state index in [1.165, 1.54) is 25.2 Å². The van der Waals surface area contributed by atoms with Gasteiger partial charge in [0.1, 0.15) is 11.5 Å². The van der Waals surface area contributed by atoms with Crippen LogP contribution in [-0.4, -0.2) is 57.2 Å². The number of esters is 1. The monoisotopic (exact) mass is 736 g/mol. The number of carbonyl (C=O) groups is 1. The van der Waals surface area contributed by atoms with Crippen molar-refractivity contribution in [3.63, 3.8) is 0 Å². The molecule has 4 aliphatic rings. The molecule has 6 bridgehead atoms. The van der Waals surface area contributed by atoms with Gasteiger partial charge >= 0.3 is 5.97 Å². The summed E-state index contributed by atoms with van der Waals surface area (Å²) in [5.74, 6) is 2.27. The van der Waals surface area contributed by atoms with Crippen LogP contribution >= 0.6 is 34.8 Å². The van der Waals surface area contributed by atoms with Crippen LogP contribution in [0, 0.1) is 6.92 Å². The number of halogens is 3. The fourth-order valence-corrected chi connectivity index (χ4v) is 8.49. The lowest BCUT2D eigenvalue weighted by atomic mass is 9.86. The number of hydrogen-bond acceptors (Lipinski definition) is 8. The zero-order valence-corrected chi connectivity index (χ0v) is 31.2. The van der Waals surface area contributed by atoms with Gasteiger partial charge in [0.05, 0.1) is 24.3 Å². The molecule has 0 saturated heterocycles. The van der Waals surface area contributed by atoms with E-state index in [1.807, 2.05) is 26.1 Å². The highest BCUT2D eigenvalue weighted by Gasteiger charge is 2.38. The summed E-state index contributed by atoms with van der Waals surface area (Å²) in [4.78, 5) is 17.2. The van der Waals surface area contributed by atoms with E-state index in [2.05, 4.69) is 41.1 Å². The topological polar surface area (TPSA) is 69.7 Å². The number of carbonyl (C=O) groups excluding carboxylic acids is 1. The maximum absolute atomic E-state index is 12.7. The van der Waals surface area contributed by atoms with Crippen molar-refractivity contribution in [2.75, 3.05) is 41.4 Å². The summed E-state index contributed by atoms with van der Waals surface area (Å²) in [6.45, 7) is 5.00. The Balaban J connectivity index is 1.53. The van der Waals surface area contributed by atoms with Gasteiger partial charge in [0.25, 0.3) is 0 Å². The van der Waals surface area contributed by atoms with E-state index < -0.39 is 5.97 Å². The van der Waals surface area contributed by atoms with Crippen molar-refractivity contribution in [2.24, 2.45) is 0 Å². The second-order valence-corrected chi connectivity index (χ2v) is 14.4. The standard InChI is InChI=1S/C39H39Cl3N2O6/c1-20-15-23-11-13-43(3)29-16-22-7-9-24(10-8-22)49-36-32(46-5)19-28(40)27(35(36)42)17-30-33-25(12-14-44(30)4)34(41)38(47-6)39(48-21(2)45)37(33)50-31(20)18-26(23)29/h7-10,15,18-19,29-30H,11-14,16-17H2,1-6H3/t29-,30-/m0/s1. The molecular formula is C39H39Cl3N2O6. The van der Waals surface area contributed by atoms with Crippen molar-refractivity contribution in [1.82, 2.24) is 9.80 Å². The molecule has 0 N–H and O–H groups in total. The van der Waals surface area contributed by atoms with Gasteiger partial charge in [0.15, 0.2) is 23.0 Å². The number of benzene rings is 4. The Labute approximate surface area is 307 Å². The van der Waals surface area contributed by atoms with Crippen LogP contribution in [0.2, 0.25) is 15.1 Å². The molecule has 4 heterocycles. The van der Waals surface area contributed by atoms with E-state index in [0.717, 1.165) is 41.6 Å². The average Bonchev–Trinajstić information content (AvgIpc) is 3.08.